The van der Waals surface area contributed by atoms with Gasteiger partial charge in [0.05, 0.1) is 0 Å². The zero-order valence-electron chi connectivity index (χ0n) is 11.2. The Morgan fingerprint density at radius 3 is 2.74 bits per heavy atom. The van der Waals surface area contributed by atoms with Gasteiger partial charge in [-0.25, -0.2) is 0 Å². The van der Waals surface area contributed by atoms with E-state index in [0.717, 1.165) is 38.3 Å². The standard InChI is InChI=1S/C13H21N4O.Pb/c1-2-4-13(10-18)5-8-17(9-6-13)12-15-7-3-11(14)16-12;/h3,7,18H,1-2,4-6,8-10H2,(H2,14,15,16);. The van der Waals surface area contributed by atoms with Crippen molar-refractivity contribution in [2.24, 2.45) is 5.41 Å². The minimum absolute atomic E-state index is 0.126. The SMILES string of the molecule is Nc1ccnc(N2CCC(CO)(CC[CH2][Pb])CC2)n1. The van der Waals surface area contributed by atoms with E-state index in [1.54, 1.807) is 12.3 Å². The summed E-state index contributed by atoms with van der Waals surface area (Å²) in [7, 11) is 0. The molecule has 103 valence electrons. The Hall–Kier alpha value is -0.438. The van der Waals surface area contributed by atoms with Crippen molar-refractivity contribution in [3.05, 3.63) is 12.3 Å². The number of hydrogen-bond acceptors (Lipinski definition) is 5. The molecule has 19 heavy (non-hydrogen) atoms. The Balaban J connectivity index is 1.97. The first-order chi connectivity index (χ1) is 9.19. The number of aliphatic hydroxyl groups is 1. The van der Waals surface area contributed by atoms with Gasteiger partial charge in [-0.3, -0.25) is 0 Å². The van der Waals surface area contributed by atoms with Crippen molar-refractivity contribution in [1.82, 2.24) is 9.97 Å². The van der Waals surface area contributed by atoms with Crippen molar-refractivity contribution < 1.29 is 5.11 Å². The molecule has 2 heterocycles. The molecular formula is C13H21N4OPb. The van der Waals surface area contributed by atoms with Gasteiger partial charge in [0, 0.05) is 0 Å². The van der Waals surface area contributed by atoms with Gasteiger partial charge in [-0.15, -0.1) is 0 Å². The molecule has 0 spiro atoms. The summed E-state index contributed by atoms with van der Waals surface area (Å²) in [6.45, 7) is 2.12. The third-order valence-electron chi connectivity index (χ3n) is 3.99. The number of nitrogens with two attached hydrogens (primary N) is 1. The van der Waals surface area contributed by atoms with Gasteiger partial charge in [-0.1, -0.05) is 0 Å². The number of nitrogen functional groups attached to an aromatic ring is 1. The molecule has 3 radical (unpaired) electrons. The molecule has 0 aromatic carbocycles. The van der Waals surface area contributed by atoms with E-state index in [1.807, 2.05) is 0 Å². The van der Waals surface area contributed by atoms with Crippen LogP contribution in [0.15, 0.2) is 12.3 Å². The van der Waals surface area contributed by atoms with Crippen LogP contribution in [0.4, 0.5) is 11.8 Å². The molecule has 3 N–H and O–H groups in total. The Morgan fingerprint density at radius 2 is 2.16 bits per heavy atom. The fraction of sp³-hybridized carbons (Fsp3) is 0.692. The molecule has 0 aliphatic carbocycles. The Morgan fingerprint density at radius 1 is 1.42 bits per heavy atom. The molecule has 0 bridgehead atoms. The molecule has 0 unspecified atom stereocenters. The van der Waals surface area contributed by atoms with E-state index in [4.69, 9.17) is 5.73 Å². The summed E-state index contributed by atoms with van der Waals surface area (Å²) in [6, 6.07) is 1.70. The van der Waals surface area contributed by atoms with Crippen LogP contribution in [-0.2, 0) is 0 Å². The summed E-state index contributed by atoms with van der Waals surface area (Å²) in [4.78, 5) is 10.7. The molecule has 1 fully saturated rings. The number of piperidine rings is 1. The molecule has 1 aromatic rings. The van der Waals surface area contributed by atoms with Crippen LogP contribution >= 0.6 is 0 Å². The van der Waals surface area contributed by atoms with E-state index < -0.39 is 0 Å². The predicted molar refractivity (Wildman–Crippen MR) is 77.2 cm³/mol. The van der Waals surface area contributed by atoms with Crippen LogP contribution in [0.25, 0.3) is 0 Å². The van der Waals surface area contributed by atoms with Crippen molar-refractivity contribution in [2.45, 2.75) is 29.7 Å². The fourth-order valence-electron chi connectivity index (χ4n) is 2.65. The second-order valence-corrected chi connectivity index (χ2v) is 7.22. The van der Waals surface area contributed by atoms with Crippen LogP contribution in [-0.4, -0.2) is 60.5 Å². The molecule has 6 heteroatoms. The summed E-state index contributed by atoms with van der Waals surface area (Å²) in [5, 5.41) is 9.71. The first-order valence-corrected chi connectivity index (χ1v) is 9.53. The molecule has 1 aliphatic heterocycles. The molecule has 0 saturated carbocycles. The number of hydrogen-bond donors (Lipinski definition) is 2. The Labute approximate surface area is 130 Å². The monoisotopic (exact) mass is 457 g/mol. The van der Waals surface area contributed by atoms with Gasteiger partial charge in [0.25, 0.3) is 0 Å². The first-order valence-electron chi connectivity index (χ1n) is 6.78. The number of aromatic nitrogens is 2. The first kappa shape index (κ1) is 15.0. The van der Waals surface area contributed by atoms with Crippen molar-refractivity contribution in [3.8, 4) is 0 Å². The van der Waals surface area contributed by atoms with Gasteiger partial charge < -0.3 is 0 Å². The van der Waals surface area contributed by atoms with Crippen LogP contribution in [0.2, 0.25) is 3.98 Å². The normalized spacial score (nSPS) is 18.5. The number of rotatable bonds is 5. The Bertz CT molecular complexity index is 407. The van der Waals surface area contributed by atoms with Crippen molar-refractivity contribution in [3.63, 3.8) is 0 Å². The average Bonchev–Trinajstić information content (AvgIpc) is 2.46. The fourth-order valence-corrected chi connectivity index (χ4v) is 3.33. The average molecular weight is 457 g/mol. The van der Waals surface area contributed by atoms with E-state index >= 15 is 0 Å². The topological polar surface area (TPSA) is 75.3 Å². The number of nitrogens with zero attached hydrogens (tertiary/aromatic N) is 3. The minimum atomic E-state index is 0.126. The molecule has 1 saturated heterocycles. The summed E-state index contributed by atoms with van der Waals surface area (Å²) in [5.74, 6) is 1.23. The van der Waals surface area contributed by atoms with Gasteiger partial charge in [-0.2, -0.15) is 0 Å². The van der Waals surface area contributed by atoms with E-state index in [2.05, 4.69) is 14.9 Å². The van der Waals surface area contributed by atoms with Gasteiger partial charge in [0.2, 0.25) is 0 Å². The molecule has 1 aromatic heterocycles. The van der Waals surface area contributed by atoms with E-state index in [0.29, 0.717) is 12.4 Å². The van der Waals surface area contributed by atoms with E-state index in [1.165, 1.54) is 36.2 Å². The van der Waals surface area contributed by atoms with E-state index in [-0.39, 0.29) is 5.41 Å². The van der Waals surface area contributed by atoms with Crippen LogP contribution in [0, 0.1) is 5.41 Å². The molecule has 0 atom stereocenters. The third-order valence-corrected chi connectivity index (χ3v) is 5.37. The van der Waals surface area contributed by atoms with Crippen LogP contribution in [0.1, 0.15) is 25.7 Å². The Kier molecular flexibility index (Phi) is 5.38. The van der Waals surface area contributed by atoms with Crippen molar-refractivity contribution >= 4 is 37.5 Å². The maximum absolute atomic E-state index is 9.71. The van der Waals surface area contributed by atoms with Gasteiger partial charge >= 0.3 is 130 Å². The maximum atomic E-state index is 9.71. The third kappa shape index (κ3) is 3.78. The van der Waals surface area contributed by atoms with Crippen LogP contribution in [0.5, 0.6) is 0 Å². The zero-order valence-corrected chi connectivity index (χ0v) is 15.1. The summed E-state index contributed by atoms with van der Waals surface area (Å²) in [5.41, 5.74) is 5.82. The van der Waals surface area contributed by atoms with Gasteiger partial charge in [0.1, 0.15) is 0 Å². The zero-order chi connectivity index (χ0) is 13.7. The van der Waals surface area contributed by atoms with Crippen LogP contribution < -0.4 is 10.6 Å². The van der Waals surface area contributed by atoms with Crippen molar-refractivity contribution in [2.75, 3.05) is 30.3 Å². The second kappa shape index (κ2) is 6.83. The van der Waals surface area contributed by atoms with E-state index in [9.17, 15) is 5.11 Å². The van der Waals surface area contributed by atoms with Gasteiger partial charge in [-0.05, 0) is 0 Å². The summed E-state index contributed by atoms with van der Waals surface area (Å²) < 4.78 is 1.32. The molecule has 5 nitrogen and oxygen atoms in total. The molecule has 1 aliphatic rings. The van der Waals surface area contributed by atoms with Gasteiger partial charge in [0.15, 0.2) is 0 Å². The summed E-state index contributed by atoms with van der Waals surface area (Å²) >= 11 is 1.26. The molecular weight excluding hydrogens is 435 g/mol. The number of aliphatic hydroxyl groups excluding tert-OH is 1. The molecule has 2 rings (SSSR count). The number of anilines is 2. The van der Waals surface area contributed by atoms with Crippen LogP contribution in [0.3, 0.4) is 0 Å². The summed E-state index contributed by atoms with van der Waals surface area (Å²) in [6.07, 6.45) is 6.14. The van der Waals surface area contributed by atoms with Crippen molar-refractivity contribution in [1.29, 1.82) is 0 Å². The second-order valence-electron chi connectivity index (χ2n) is 5.28. The predicted octanol–water partition coefficient (Wildman–Crippen LogP) is 1.00. The molecule has 0 amide bonds. The quantitative estimate of drug-likeness (QED) is 0.647.